The number of hydrogen-bond acceptors (Lipinski definition) is 8. The van der Waals surface area contributed by atoms with E-state index in [9.17, 15) is 9.00 Å². The molecule has 2 amide bonds. The van der Waals surface area contributed by atoms with Crippen LogP contribution in [0.2, 0.25) is 0 Å². The summed E-state index contributed by atoms with van der Waals surface area (Å²) in [5.74, 6) is 1.49. The number of nitrogens with one attached hydrogen (secondary N) is 3. The molecule has 4 rings (SSSR count). The van der Waals surface area contributed by atoms with Crippen LogP contribution < -0.4 is 25.6 Å². The molecule has 1 aliphatic rings. The summed E-state index contributed by atoms with van der Waals surface area (Å²) in [6.07, 6.45) is 4.72. The van der Waals surface area contributed by atoms with Crippen molar-refractivity contribution < 1.29 is 13.7 Å². The maximum Gasteiger partial charge on any atom is 0.353 e. The average molecular weight is 575 g/mol. The number of urea groups is 1. The second-order valence-electron chi connectivity index (χ2n) is 8.42. The number of carbonyl (C=O) groups is 1. The summed E-state index contributed by atoms with van der Waals surface area (Å²) < 4.78 is 24.4. The van der Waals surface area contributed by atoms with Crippen LogP contribution in [-0.2, 0) is 9.73 Å². The maximum absolute atomic E-state index is 13.6. The first-order valence-electron chi connectivity index (χ1n) is 11.3. The lowest BCUT2D eigenvalue weighted by atomic mass is 10.2. The summed E-state index contributed by atoms with van der Waals surface area (Å²) >= 11 is 3.46. The minimum atomic E-state index is -3.11. The van der Waals surface area contributed by atoms with Gasteiger partial charge in [0.05, 0.1) is 25.7 Å². The number of anilines is 5. The predicted molar refractivity (Wildman–Crippen MR) is 147 cm³/mol. The summed E-state index contributed by atoms with van der Waals surface area (Å²) in [4.78, 5) is 23.7. The normalized spacial score (nSPS) is 14.8. The quantitative estimate of drug-likeness (QED) is 0.385. The highest BCUT2D eigenvalue weighted by Gasteiger charge is 2.18. The standard InChI is InChI=1S/C24H28BrN7O3S/c1-32(2)18-9-6-16(7-10-18)29-24(33)31-36(3,34)21-11-8-17-14-20(21)35-13-5-4-12-26-22-19(25)15-27-23(28-17)30-22/h6-11,14-15H,4-5,12-13H2,1-3H3,(H,29,33)(H2,26,27,28,30). The fourth-order valence-corrected chi connectivity index (χ4v) is 5.11. The van der Waals surface area contributed by atoms with Gasteiger partial charge in [-0.15, -0.1) is 4.36 Å². The Bertz CT molecular complexity index is 1370. The third-order valence-electron chi connectivity index (χ3n) is 5.37. The lowest BCUT2D eigenvalue weighted by Crippen LogP contribution is -2.12. The molecule has 0 spiro atoms. The number of halogens is 1. The van der Waals surface area contributed by atoms with Crippen molar-refractivity contribution in [3.63, 3.8) is 0 Å². The van der Waals surface area contributed by atoms with Crippen molar-refractivity contribution in [3.8, 4) is 5.75 Å². The zero-order valence-electron chi connectivity index (χ0n) is 20.2. The van der Waals surface area contributed by atoms with Crippen molar-refractivity contribution in [1.82, 2.24) is 9.97 Å². The molecule has 1 atom stereocenters. The highest BCUT2D eigenvalue weighted by atomic mass is 79.9. The molecule has 0 saturated carbocycles. The van der Waals surface area contributed by atoms with Crippen molar-refractivity contribution in [3.05, 3.63) is 53.1 Å². The topological polar surface area (TPSA) is 121 Å². The number of amides is 2. The van der Waals surface area contributed by atoms with E-state index in [0.717, 1.165) is 23.0 Å². The minimum Gasteiger partial charge on any atom is -0.492 e. The van der Waals surface area contributed by atoms with Crippen LogP contribution in [0.1, 0.15) is 12.8 Å². The number of fused-ring (bicyclic) bond motifs is 4. The Morgan fingerprint density at radius 2 is 1.97 bits per heavy atom. The monoisotopic (exact) mass is 573 g/mol. The van der Waals surface area contributed by atoms with E-state index in [1.807, 2.05) is 31.1 Å². The predicted octanol–water partition coefficient (Wildman–Crippen LogP) is 5.32. The van der Waals surface area contributed by atoms with Crippen LogP contribution in [0.15, 0.2) is 62.4 Å². The molecule has 2 heterocycles. The molecular formula is C24H28BrN7O3S. The van der Waals surface area contributed by atoms with E-state index >= 15 is 0 Å². The van der Waals surface area contributed by atoms with E-state index in [-0.39, 0.29) is 0 Å². The second kappa shape index (κ2) is 11.1. The first-order valence-corrected chi connectivity index (χ1v) is 14.0. The Hall–Kier alpha value is -3.38. The lowest BCUT2D eigenvalue weighted by Gasteiger charge is -2.15. The van der Waals surface area contributed by atoms with Crippen molar-refractivity contribution in [2.24, 2.45) is 4.36 Å². The molecule has 1 aromatic heterocycles. The Balaban J connectivity index is 1.60. The third kappa shape index (κ3) is 6.43. The van der Waals surface area contributed by atoms with Gasteiger partial charge in [0.25, 0.3) is 0 Å². The van der Waals surface area contributed by atoms with Crippen molar-refractivity contribution in [1.29, 1.82) is 0 Å². The summed E-state index contributed by atoms with van der Waals surface area (Å²) in [6, 6.07) is 11.7. The molecule has 0 radical (unpaired) electrons. The van der Waals surface area contributed by atoms with Gasteiger partial charge in [-0.3, -0.25) is 0 Å². The Labute approximate surface area is 219 Å². The summed E-state index contributed by atoms with van der Waals surface area (Å²) in [7, 11) is 0.760. The molecule has 3 N–H and O–H groups in total. The molecule has 1 aliphatic heterocycles. The Morgan fingerprint density at radius 3 is 2.72 bits per heavy atom. The highest BCUT2D eigenvalue weighted by molar-refractivity contribution is 9.10. The number of aromatic nitrogens is 2. The number of carbonyl (C=O) groups excluding carboxylic acids is 1. The van der Waals surface area contributed by atoms with Gasteiger partial charge in [0.1, 0.15) is 11.6 Å². The highest BCUT2D eigenvalue weighted by Crippen LogP contribution is 2.31. The van der Waals surface area contributed by atoms with Gasteiger partial charge in [-0.2, -0.15) is 4.98 Å². The van der Waals surface area contributed by atoms with Gasteiger partial charge in [0, 0.05) is 56.2 Å². The second-order valence-corrected chi connectivity index (χ2v) is 11.5. The lowest BCUT2D eigenvalue weighted by molar-refractivity contribution is 0.260. The van der Waals surface area contributed by atoms with Gasteiger partial charge in [0.2, 0.25) is 5.95 Å². The van der Waals surface area contributed by atoms with Crippen LogP contribution in [0.4, 0.5) is 33.6 Å². The van der Waals surface area contributed by atoms with Crippen LogP contribution in [0.5, 0.6) is 5.75 Å². The van der Waals surface area contributed by atoms with Gasteiger partial charge in [-0.1, -0.05) is 0 Å². The van der Waals surface area contributed by atoms with Gasteiger partial charge < -0.3 is 25.6 Å². The summed E-state index contributed by atoms with van der Waals surface area (Å²) in [5, 5.41) is 9.11. The van der Waals surface area contributed by atoms with Crippen LogP contribution in [0.25, 0.3) is 0 Å². The fraction of sp³-hybridized carbons (Fsp3) is 0.292. The fourth-order valence-electron chi connectivity index (χ4n) is 3.50. The number of benzene rings is 2. The molecule has 0 saturated heterocycles. The Morgan fingerprint density at radius 1 is 1.19 bits per heavy atom. The van der Waals surface area contributed by atoms with Crippen molar-refractivity contribution >= 4 is 60.5 Å². The molecule has 4 bridgehead atoms. The molecular weight excluding hydrogens is 546 g/mol. The Kier molecular flexibility index (Phi) is 7.94. The van der Waals surface area contributed by atoms with E-state index in [1.165, 1.54) is 6.26 Å². The van der Waals surface area contributed by atoms with E-state index < -0.39 is 15.8 Å². The van der Waals surface area contributed by atoms with E-state index in [2.05, 4.69) is 46.2 Å². The molecule has 12 heteroatoms. The molecule has 0 fully saturated rings. The van der Waals surface area contributed by atoms with Crippen molar-refractivity contribution in [2.75, 3.05) is 54.4 Å². The number of ether oxygens (including phenoxy) is 1. The van der Waals surface area contributed by atoms with Crippen molar-refractivity contribution in [2.45, 2.75) is 17.7 Å². The number of rotatable bonds is 3. The largest absolute Gasteiger partial charge is 0.492 e. The van der Waals surface area contributed by atoms with Gasteiger partial charge in [-0.05, 0) is 65.2 Å². The van der Waals surface area contributed by atoms with Crippen LogP contribution in [0.3, 0.4) is 0 Å². The molecule has 36 heavy (non-hydrogen) atoms. The smallest absolute Gasteiger partial charge is 0.353 e. The SMILES string of the molecule is CN(C)c1ccc(NC(=O)N=S(C)(=O)c2ccc3cc2OCCCCNc2nc(ncc2Br)N3)cc1. The number of nitrogens with zero attached hydrogens (tertiary/aromatic N) is 4. The molecule has 2 aromatic carbocycles. The minimum absolute atomic E-state index is 0.344. The van der Waals surface area contributed by atoms with Crippen LogP contribution in [-0.4, -0.2) is 53.7 Å². The summed E-state index contributed by atoms with van der Waals surface area (Å²) in [5.41, 5.74) is 2.21. The molecule has 0 aliphatic carbocycles. The maximum atomic E-state index is 13.6. The van der Waals surface area contributed by atoms with E-state index in [4.69, 9.17) is 4.74 Å². The van der Waals surface area contributed by atoms with Gasteiger partial charge >= 0.3 is 6.03 Å². The van der Waals surface area contributed by atoms with Gasteiger partial charge in [-0.25, -0.2) is 14.0 Å². The van der Waals surface area contributed by atoms with Gasteiger partial charge in [0.15, 0.2) is 0 Å². The van der Waals surface area contributed by atoms with E-state index in [1.54, 1.807) is 36.5 Å². The zero-order chi connectivity index (χ0) is 25.7. The first-order chi connectivity index (χ1) is 17.2. The van der Waals surface area contributed by atoms with E-state index in [0.29, 0.717) is 46.9 Å². The third-order valence-corrected chi connectivity index (χ3v) is 7.61. The van der Waals surface area contributed by atoms with Crippen LogP contribution >= 0.6 is 15.9 Å². The molecule has 10 nitrogen and oxygen atoms in total. The zero-order valence-corrected chi connectivity index (χ0v) is 22.6. The molecule has 190 valence electrons. The summed E-state index contributed by atoms with van der Waals surface area (Å²) in [6.45, 7) is 1.13. The van der Waals surface area contributed by atoms with Crippen LogP contribution in [0, 0.1) is 0 Å². The number of hydrogen-bond donors (Lipinski definition) is 3. The molecule has 1 unspecified atom stereocenters. The average Bonchev–Trinajstić information content (AvgIpc) is 2.83. The molecule has 3 aromatic rings. The first kappa shape index (κ1) is 25.7.